The van der Waals surface area contributed by atoms with Crippen LogP contribution in [0.2, 0.25) is 0 Å². The zero-order chi connectivity index (χ0) is 11.5. The maximum atomic E-state index is 11.4. The maximum Gasteiger partial charge on any atom is 0.338 e. The minimum Gasteiger partial charge on any atom is -0.457 e. The molecule has 0 amide bonds. The molecule has 0 unspecified atom stereocenters. The van der Waals surface area contributed by atoms with Crippen LogP contribution >= 0.6 is 0 Å². The summed E-state index contributed by atoms with van der Waals surface area (Å²) >= 11 is 0. The Morgan fingerprint density at radius 2 is 2.25 bits per heavy atom. The van der Waals surface area contributed by atoms with Gasteiger partial charge in [-0.05, 0) is 43.6 Å². The Hall–Kier alpha value is -1.35. The van der Waals surface area contributed by atoms with Crippen LogP contribution in [0.4, 0.5) is 0 Å². The van der Waals surface area contributed by atoms with Gasteiger partial charge >= 0.3 is 5.97 Å². The summed E-state index contributed by atoms with van der Waals surface area (Å²) in [6.07, 6.45) is 1.00. The van der Waals surface area contributed by atoms with Crippen LogP contribution in [0.3, 0.4) is 0 Å². The van der Waals surface area contributed by atoms with Gasteiger partial charge in [0, 0.05) is 5.56 Å². The van der Waals surface area contributed by atoms with Crippen LogP contribution in [0, 0.1) is 6.92 Å². The fourth-order valence-corrected chi connectivity index (χ4v) is 2.07. The van der Waals surface area contributed by atoms with Crippen molar-refractivity contribution in [3.05, 3.63) is 34.4 Å². The van der Waals surface area contributed by atoms with Crippen molar-refractivity contribution in [2.45, 2.75) is 26.9 Å². The zero-order valence-electron chi connectivity index (χ0n) is 9.80. The highest BCUT2D eigenvalue weighted by Gasteiger charge is 2.23. The van der Waals surface area contributed by atoms with Gasteiger partial charge in [0.25, 0.3) is 0 Å². The van der Waals surface area contributed by atoms with Crippen LogP contribution in [0.1, 0.15) is 34.0 Å². The molecule has 0 atom stereocenters. The van der Waals surface area contributed by atoms with Gasteiger partial charge in [-0.3, -0.25) is 0 Å². The lowest BCUT2D eigenvalue weighted by molar-refractivity contribution is 0.0535. The second kappa shape index (κ2) is 4.66. The van der Waals surface area contributed by atoms with Gasteiger partial charge in [-0.2, -0.15) is 0 Å². The third-order valence-electron chi connectivity index (χ3n) is 3.10. The quantitative estimate of drug-likeness (QED) is 0.620. The number of carbonyl (C=O) groups is 1. The minimum atomic E-state index is -0.184. The Bertz CT molecular complexity index is 413. The highest BCUT2D eigenvalue weighted by Crippen LogP contribution is 2.25. The molecule has 0 aromatic heterocycles. The minimum absolute atomic E-state index is 0.184. The van der Waals surface area contributed by atoms with Crippen molar-refractivity contribution < 1.29 is 9.53 Å². The third kappa shape index (κ3) is 1.95. The molecule has 3 nitrogen and oxygen atoms in total. The lowest BCUT2D eigenvalue weighted by Gasteiger charge is -2.09. The summed E-state index contributed by atoms with van der Waals surface area (Å²) in [6.45, 7) is 6.58. The molecule has 1 heterocycles. The van der Waals surface area contributed by atoms with E-state index in [4.69, 9.17) is 4.74 Å². The first-order valence-corrected chi connectivity index (χ1v) is 5.73. The van der Waals surface area contributed by atoms with Crippen molar-refractivity contribution in [1.82, 2.24) is 5.32 Å². The van der Waals surface area contributed by atoms with Crippen LogP contribution < -0.4 is 5.32 Å². The largest absolute Gasteiger partial charge is 0.457 e. The number of likely N-dealkylation sites (N-methyl/N-ethyl adjacent to an activating group) is 1. The number of nitrogens with one attached hydrogen (secondary N) is 1. The first-order valence-electron chi connectivity index (χ1n) is 5.73. The third-order valence-corrected chi connectivity index (χ3v) is 3.10. The van der Waals surface area contributed by atoms with E-state index in [0.717, 1.165) is 30.6 Å². The summed E-state index contributed by atoms with van der Waals surface area (Å²) in [6, 6.07) is 3.93. The van der Waals surface area contributed by atoms with E-state index >= 15 is 0 Å². The summed E-state index contributed by atoms with van der Waals surface area (Å²) in [5, 5.41) is 3.30. The van der Waals surface area contributed by atoms with E-state index < -0.39 is 0 Å². The molecule has 0 saturated carbocycles. The van der Waals surface area contributed by atoms with Gasteiger partial charge in [-0.15, -0.1) is 0 Å². The van der Waals surface area contributed by atoms with E-state index in [1.165, 1.54) is 11.1 Å². The van der Waals surface area contributed by atoms with Crippen LogP contribution in [-0.2, 0) is 17.8 Å². The first-order chi connectivity index (χ1) is 7.74. The summed E-state index contributed by atoms with van der Waals surface area (Å²) in [7, 11) is 0. The summed E-state index contributed by atoms with van der Waals surface area (Å²) in [4.78, 5) is 11.4. The molecule has 0 bridgehead atoms. The Labute approximate surface area is 95.8 Å². The van der Waals surface area contributed by atoms with Crippen LogP contribution in [-0.4, -0.2) is 19.1 Å². The van der Waals surface area contributed by atoms with E-state index in [9.17, 15) is 4.79 Å². The number of hydrogen-bond donors (Lipinski definition) is 1. The van der Waals surface area contributed by atoms with Crippen LogP contribution in [0.5, 0.6) is 0 Å². The Morgan fingerprint density at radius 3 is 3.00 bits per heavy atom. The molecule has 1 aromatic carbocycles. The van der Waals surface area contributed by atoms with E-state index in [0.29, 0.717) is 6.61 Å². The lowest BCUT2D eigenvalue weighted by atomic mass is 9.97. The van der Waals surface area contributed by atoms with Crippen molar-refractivity contribution in [2.75, 3.05) is 13.1 Å². The molecule has 0 radical (unpaired) electrons. The maximum absolute atomic E-state index is 11.4. The van der Waals surface area contributed by atoms with Gasteiger partial charge in [0.05, 0.1) is 5.56 Å². The predicted octanol–water partition coefficient (Wildman–Crippen LogP) is 1.82. The van der Waals surface area contributed by atoms with Gasteiger partial charge in [0.2, 0.25) is 0 Å². The highest BCUT2D eigenvalue weighted by molar-refractivity contribution is 5.93. The normalized spacial score (nSPS) is 13.8. The monoisotopic (exact) mass is 219 g/mol. The summed E-state index contributed by atoms with van der Waals surface area (Å²) in [5.41, 5.74) is 4.32. The highest BCUT2D eigenvalue weighted by atomic mass is 16.5. The van der Waals surface area contributed by atoms with Crippen molar-refractivity contribution in [3.63, 3.8) is 0 Å². The van der Waals surface area contributed by atoms with Crippen LogP contribution in [0.25, 0.3) is 0 Å². The summed E-state index contributed by atoms with van der Waals surface area (Å²) in [5.74, 6) is -0.184. The molecule has 0 spiro atoms. The molecule has 0 aliphatic carbocycles. The molecule has 1 aromatic rings. The number of fused-ring (bicyclic) bond motifs is 1. The Kier molecular flexibility index (Phi) is 3.25. The second-order valence-corrected chi connectivity index (χ2v) is 4.06. The topological polar surface area (TPSA) is 38.3 Å². The van der Waals surface area contributed by atoms with Crippen molar-refractivity contribution in [2.24, 2.45) is 0 Å². The molecule has 1 aliphatic rings. The number of cyclic esters (lactones) is 1. The van der Waals surface area contributed by atoms with E-state index in [1.54, 1.807) is 0 Å². The van der Waals surface area contributed by atoms with Gasteiger partial charge in [-0.25, -0.2) is 4.79 Å². The fraction of sp³-hybridized carbons (Fsp3) is 0.462. The molecule has 0 fully saturated rings. The predicted molar refractivity (Wildman–Crippen MR) is 62.5 cm³/mol. The zero-order valence-corrected chi connectivity index (χ0v) is 9.80. The average Bonchev–Trinajstić information content (AvgIpc) is 2.65. The molecule has 3 heteroatoms. The molecule has 16 heavy (non-hydrogen) atoms. The van der Waals surface area contributed by atoms with Gasteiger partial charge in [0.1, 0.15) is 6.61 Å². The second-order valence-electron chi connectivity index (χ2n) is 4.06. The number of carbonyl (C=O) groups excluding carboxylic acids is 1. The molecule has 1 N–H and O–H groups in total. The van der Waals surface area contributed by atoms with Gasteiger partial charge < -0.3 is 10.1 Å². The number of ether oxygens (including phenoxy) is 1. The standard InChI is InChI=1S/C13H17NO2/c1-3-14-7-6-10-4-5-11-12(9(10)2)8-16-13(11)15/h4-5,14H,3,6-8H2,1-2H3. The smallest absolute Gasteiger partial charge is 0.338 e. The molecule has 0 saturated heterocycles. The van der Waals surface area contributed by atoms with Gasteiger partial charge in [-0.1, -0.05) is 13.0 Å². The number of rotatable bonds is 4. The van der Waals surface area contributed by atoms with Crippen molar-refractivity contribution in [1.29, 1.82) is 0 Å². The van der Waals surface area contributed by atoms with E-state index in [1.807, 2.05) is 12.1 Å². The molecule has 86 valence electrons. The van der Waals surface area contributed by atoms with Crippen molar-refractivity contribution >= 4 is 5.97 Å². The Morgan fingerprint density at radius 1 is 1.44 bits per heavy atom. The summed E-state index contributed by atoms with van der Waals surface area (Å²) < 4.78 is 5.03. The fourth-order valence-electron chi connectivity index (χ4n) is 2.07. The van der Waals surface area contributed by atoms with E-state index in [-0.39, 0.29) is 5.97 Å². The lowest BCUT2D eigenvalue weighted by Crippen LogP contribution is -2.16. The molecular formula is C13H17NO2. The van der Waals surface area contributed by atoms with E-state index in [2.05, 4.69) is 19.2 Å². The van der Waals surface area contributed by atoms with Crippen molar-refractivity contribution in [3.8, 4) is 0 Å². The number of hydrogen-bond acceptors (Lipinski definition) is 3. The average molecular weight is 219 g/mol. The molecular weight excluding hydrogens is 202 g/mol. The Balaban J connectivity index is 2.19. The first kappa shape index (κ1) is 11.1. The van der Waals surface area contributed by atoms with Gasteiger partial charge in [0.15, 0.2) is 0 Å². The van der Waals surface area contributed by atoms with Crippen LogP contribution in [0.15, 0.2) is 12.1 Å². The number of benzene rings is 1. The SMILES string of the molecule is CCNCCc1ccc2c(c1C)COC2=O. The number of esters is 1. The molecule has 1 aliphatic heterocycles. The molecule has 2 rings (SSSR count).